The molecule has 1 heterocycles. The van der Waals surface area contributed by atoms with E-state index in [1.807, 2.05) is 12.1 Å². The summed E-state index contributed by atoms with van der Waals surface area (Å²) in [6.45, 7) is 2.42. The predicted octanol–water partition coefficient (Wildman–Crippen LogP) is 1.65. The number of benzene rings is 1. The van der Waals surface area contributed by atoms with Gasteiger partial charge in [-0.05, 0) is 24.3 Å². The minimum absolute atomic E-state index is 0.0533. The fraction of sp³-hybridized carbons (Fsp3) is 0.455. The van der Waals surface area contributed by atoms with Crippen LogP contribution < -0.4 is 4.90 Å². The Labute approximate surface area is 97.8 Å². The minimum atomic E-state index is -0.0533. The van der Waals surface area contributed by atoms with Crippen molar-refractivity contribution in [3.05, 3.63) is 28.7 Å². The van der Waals surface area contributed by atoms with Crippen LogP contribution in [0.5, 0.6) is 0 Å². The van der Waals surface area contributed by atoms with Gasteiger partial charge in [-0.3, -0.25) is 0 Å². The largest absolute Gasteiger partial charge is 0.394 e. The lowest BCUT2D eigenvalue weighted by molar-refractivity contribution is 0.00357. The van der Waals surface area contributed by atoms with Gasteiger partial charge in [0.05, 0.1) is 19.3 Å². The first-order chi connectivity index (χ1) is 7.29. The molecule has 0 spiro atoms. The zero-order valence-electron chi connectivity index (χ0n) is 8.40. The van der Waals surface area contributed by atoms with E-state index in [-0.39, 0.29) is 12.7 Å². The normalized spacial score (nSPS) is 21.7. The number of rotatable bonds is 2. The molecule has 1 fully saturated rings. The van der Waals surface area contributed by atoms with Gasteiger partial charge in [-0.25, -0.2) is 0 Å². The third-order valence-corrected chi connectivity index (χ3v) is 3.06. The molecule has 0 aliphatic carbocycles. The number of aliphatic hydroxyl groups is 1. The van der Waals surface area contributed by atoms with Crippen LogP contribution in [-0.2, 0) is 4.74 Å². The van der Waals surface area contributed by atoms with Crippen molar-refractivity contribution in [1.82, 2.24) is 0 Å². The maximum atomic E-state index is 9.04. The molecule has 0 saturated carbocycles. The first-order valence-electron chi connectivity index (χ1n) is 5.02. The van der Waals surface area contributed by atoms with Crippen molar-refractivity contribution in [2.24, 2.45) is 0 Å². The standard InChI is InChI=1S/C11H14BrNO2/c12-9-1-3-10(4-2-9)13-5-6-15-11(7-13)8-14/h1-4,11,14H,5-8H2. The summed E-state index contributed by atoms with van der Waals surface area (Å²) < 4.78 is 6.48. The minimum Gasteiger partial charge on any atom is -0.394 e. The second-order valence-corrected chi connectivity index (χ2v) is 4.51. The van der Waals surface area contributed by atoms with Crippen LogP contribution in [0, 0.1) is 0 Å². The van der Waals surface area contributed by atoms with Gasteiger partial charge in [0.25, 0.3) is 0 Å². The smallest absolute Gasteiger partial charge is 0.0980 e. The SMILES string of the molecule is OCC1CN(c2ccc(Br)cc2)CCO1. The predicted molar refractivity (Wildman–Crippen MR) is 63.2 cm³/mol. The van der Waals surface area contributed by atoms with E-state index in [0.29, 0.717) is 6.61 Å². The van der Waals surface area contributed by atoms with Crippen molar-refractivity contribution in [2.75, 3.05) is 31.2 Å². The van der Waals surface area contributed by atoms with E-state index in [0.717, 1.165) is 17.6 Å². The van der Waals surface area contributed by atoms with Crippen molar-refractivity contribution in [2.45, 2.75) is 6.10 Å². The lowest BCUT2D eigenvalue weighted by Crippen LogP contribution is -2.44. The van der Waals surface area contributed by atoms with Crippen LogP contribution in [0.15, 0.2) is 28.7 Å². The van der Waals surface area contributed by atoms with Crippen LogP contribution in [0.3, 0.4) is 0 Å². The van der Waals surface area contributed by atoms with Crippen molar-refractivity contribution >= 4 is 21.6 Å². The van der Waals surface area contributed by atoms with Crippen LogP contribution in [-0.4, -0.2) is 37.5 Å². The number of halogens is 1. The molecule has 1 saturated heterocycles. The van der Waals surface area contributed by atoms with E-state index in [2.05, 4.69) is 33.0 Å². The second kappa shape index (κ2) is 4.96. The Morgan fingerprint density at radius 3 is 2.80 bits per heavy atom. The van der Waals surface area contributed by atoms with Gasteiger partial charge in [0, 0.05) is 23.2 Å². The number of morpholine rings is 1. The van der Waals surface area contributed by atoms with E-state index in [1.54, 1.807) is 0 Å². The van der Waals surface area contributed by atoms with Gasteiger partial charge < -0.3 is 14.7 Å². The fourth-order valence-electron chi connectivity index (χ4n) is 1.72. The molecular formula is C11H14BrNO2. The molecule has 0 bridgehead atoms. The highest BCUT2D eigenvalue weighted by atomic mass is 79.9. The van der Waals surface area contributed by atoms with Crippen LogP contribution in [0.1, 0.15) is 0 Å². The fourth-order valence-corrected chi connectivity index (χ4v) is 1.98. The average molecular weight is 272 g/mol. The molecule has 15 heavy (non-hydrogen) atoms. The van der Waals surface area contributed by atoms with Crippen LogP contribution >= 0.6 is 15.9 Å². The monoisotopic (exact) mass is 271 g/mol. The Hall–Kier alpha value is -0.580. The van der Waals surface area contributed by atoms with E-state index >= 15 is 0 Å². The van der Waals surface area contributed by atoms with Crippen LogP contribution in [0.2, 0.25) is 0 Å². The first kappa shape index (κ1) is 10.9. The summed E-state index contributed by atoms with van der Waals surface area (Å²) in [5.41, 5.74) is 1.18. The average Bonchev–Trinajstić information content (AvgIpc) is 2.30. The number of hydrogen-bond donors (Lipinski definition) is 1. The molecule has 1 aromatic rings. The Morgan fingerprint density at radius 2 is 2.13 bits per heavy atom. The zero-order valence-corrected chi connectivity index (χ0v) is 9.98. The summed E-state index contributed by atoms with van der Waals surface area (Å²) in [7, 11) is 0. The maximum absolute atomic E-state index is 9.04. The third-order valence-electron chi connectivity index (χ3n) is 2.53. The van der Waals surface area contributed by atoms with Crippen LogP contribution in [0.25, 0.3) is 0 Å². The topological polar surface area (TPSA) is 32.7 Å². The molecule has 2 rings (SSSR count). The van der Waals surface area contributed by atoms with E-state index < -0.39 is 0 Å². The zero-order chi connectivity index (χ0) is 10.7. The molecule has 0 aromatic heterocycles. The Bertz CT molecular complexity index is 315. The van der Waals surface area contributed by atoms with Gasteiger partial charge in [-0.2, -0.15) is 0 Å². The van der Waals surface area contributed by atoms with Gasteiger partial charge in [-0.1, -0.05) is 15.9 Å². The van der Waals surface area contributed by atoms with E-state index in [1.165, 1.54) is 5.69 Å². The summed E-state index contributed by atoms with van der Waals surface area (Å²) >= 11 is 3.41. The molecule has 1 N–H and O–H groups in total. The van der Waals surface area contributed by atoms with Gasteiger partial charge >= 0.3 is 0 Å². The van der Waals surface area contributed by atoms with Crippen molar-refractivity contribution in [1.29, 1.82) is 0 Å². The summed E-state index contributed by atoms with van der Waals surface area (Å²) in [5.74, 6) is 0. The van der Waals surface area contributed by atoms with Crippen molar-refractivity contribution < 1.29 is 9.84 Å². The molecule has 0 radical (unpaired) electrons. The van der Waals surface area contributed by atoms with E-state index in [9.17, 15) is 0 Å². The molecule has 1 unspecified atom stereocenters. The molecule has 0 amide bonds. The number of anilines is 1. The molecule has 82 valence electrons. The van der Waals surface area contributed by atoms with Gasteiger partial charge in [0.1, 0.15) is 0 Å². The summed E-state index contributed by atoms with van der Waals surface area (Å²) in [6, 6.07) is 8.20. The Kier molecular flexibility index (Phi) is 3.61. The lowest BCUT2D eigenvalue weighted by atomic mass is 10.2. The molecule has 1 aliphatic heterocycles. The molecule has 1 aromatic carbocycles. The summed E-state index contributed by atoms with van der Waals surface area (Å²) in [6.07, 6.45) is -0.0533. The Morgan fingerprint density at radius 1 is 1.40 bits per heavy atom. The first-order valence-corrected chi connectivity index (χ1v) is 5.82. The number of nitrogens with zero attached hydrogens (tertiary/aromatic N) is 1. The third kappa shape index (κ3) is 2.71. The molecule has 3 nitrogen and oxygen atoms in total. The molecule has 1 aliphatic rings. The summed E-state index contributed by atoms with van der Waals surface area (Å²) in [5, 5.41) is 9.04. The van der Waals surface area contributed by atoms with Gasteiger partial charge in [0.15, 0.2) is 0 Å². The van der Waals surface area contributed by atoms with Crippen molar-refractivity contribution in [3.63, 3.8) is 0 Å². The molecule has 4 heteroatoms. The molecular weight excluding hydrogens is 258 g/mol. The highest BCUT2D eigenvalue weighted by Crippen LogP contribution is 2.20. The van der Waals surface area contributed by atoms with Gasteiger partial charge in [-0.15, -0.1) is 0 Å². The number of aliphatic hydroxyl groups excluding tert-OH is 1. The number of ether oxygens (including phenoxy) is 1. The molecule has 1 atom stereocenters. The van der Waals surface area contributed by atoms with E-state index in [4.69, 9.17) is 9.84 Å². The second-order valence-electron chi connectivity index (χ2n) is 3.60. The number of hydrogen-bond acceptors (Lipinski definition) is 3. The quantitative estimate of drug-likeness (QED) is 0.888. The van der Waals surface area contributed by atoms with Crippen LogP contribution in [0.4, 0.5) is 5.69 Å². The highest BCUT2D eigenvalue weighted by molar-refractivity contribution is 9.10. The maximum Gasteiger partial charge on any atom is 0.0980 e. The lowest BCUT2D eigenvalue weighted by Gasteiger charge is -2.33. The highest BCUT2D eigenvalue weighted by Gasteiger charge is 2.19. The Balaban J connectivity index is 2.06. The van der Waals surface area contributed by atoms with Crippen molar-refractivity contribution in [3.8, 4) is 0 Å². The summed E-state index contributed by atoms with van der Waals surface area (Å²) in [4.78, 5) is 2.23. The van der Waals surface area contributed by atoms with Gasteiger partial charge in [0.2, 0.25) is 0 Å².